The van der Waals surface area contributed by atoms with Crippen LogP contribution in [0.15, 0.2) is 53.1 Å². The number of benzene rings is 1. The number of amides is 1. The fourth-order valence-electron chi connectivity index (χ4n) is 3.88. The Labute approximate surface area is 171 Å². The third kappa shape index (κ3) is 2.99. The summed E-state index contributed by atoms with van der Waals surface area (Å²) in [5, 5.41) is 10.5. The summed E-state index contributed by atoms with van der Waals surface area (Å²) in [5.74, 6) is -1.24. The lowest BCUT2D eigenvalue weighted by atomic mass is 10.0. The van der Waals surface area contributed by atoms with Crippen LogP contribution in [0.1, 0.15) is 20.9 Å². The number of aliphatic carboxylic acids is 1. The van der Waals surface area contributed by atoms with Crippen LogP contribution in [0.4, 0.5) is 0 Å². The number of nitrogens with zero attached hydrogens (tertiary/aromatic N) is 2. The normalized spacial score (nSPS) is 22.6. The van der Waals surface area contributed by atoms with Crippen molar-refractivity contribution < 1.29 is 14.7 Å². The first-order chi connectivity index (χ1) is 13.6. The highest BCUT2D eigenvalue weighted by atomic mass is 32.2. The van der Waals surface area contributed by atoms with Gasteiger partial charge in [-0.15, -0.1) is 23.1 Å². The average Bonchev–Trinajstić information content (AvgIpc) is 3.28. The monoisotopic (exact) mass is 410 g/mol. The molecule has 0 spiro atoms. The van der Waals surface area contributed by atoms with Gasteiger partial charge in [0.2, 0.25) is 0 Å². The van der Waals surface area contributed by atoms with Crippen molar-refractivity contribution in [1.82, 2.24) is 9.80 Å². The van der Waals surface area contributed by atoms with Crippen molar-refractivity contribution in [3.05, 3.63) is 74.0 Å². The van der Waals surface area contributed by atoms with Crippen molar-refractivity contribution in [2.75, 3.05) is 6.54 Å². The van der Waals surface area contributed by atoms with Crippen molar-refractivity contribution in [2.24, 2.45) is 0 Å². The lowest BCUT2D eigenvalue weighted by molar-refractivity contribution is -0.141. The summed E-state index contributed by atoms with van der Waals surface area (Å²) < 4.78 is 0. The molecule has 1 aromatic carbocycles. The predicted molar refractivity (Wildman–Crippen MR) is 110 cm³/mol. The molecule has 28 heavy (non-hydrogen) atoms. The van der Waals surface area contributed by atoms with Gasteiger partial charge in [0.15, 0.2) is 0 Å². The fourth-order valence-corrected chi connectivity index (χ4v) is 6.12. The molecule has 1 aromatic heterocycles. The number of thioether (sulfide) groups is 1. The van der Waals surface area contributed by atoms with Crippen molar-refractivity contribution in [1.29, 1.82) is 0 Å². The quantitative estimate of drug-likeness (QED) is 0.617. The van der Waals surface area contributed by atoms with E-state index in [9.17, 15) is 14.7 Å². The van der Waals surface area contributed by atoms with Gasteiger partial charge in [-0.05, 0) is 29.7 Å². The number of fused-ring (bicyclic) bond motifs is 2. The molecule has 4 heterocycles. The van der Waals surface area contributed by atoms with Crippen LogP contribution >= 0.6 is 23.1 Å². The molecule has 2 aromatic rings. The van der Waals surface area contributed by atoms with E-state index in [0.29, 0.717) is 5.57 Å². The Morgan fingerprint density at radius 1 is 1.29 bits per heavy atom. The van der Waals surface area contributed by atoms with E-state index in [0.717, 1.165) is 30.9 Å². The standard InChI is InChI=1S/C21H18N2O3S2/c24-19-16(20-23(19)17(12-27-20)21(25)26)9-15-8-14-11-22(7-6-18(14)28-15)10-13-4-2-1-3-5-13/h1-5,8-9,12,20H,6-7,10-11H2,(H,25,26)/b16-9-/t20-/m1/s1. The SMILES string of the molecule is O=C(O)C1=CS[C@@H]2/C(=C\c3cc4c(s3)CCN(Cc3ccccc3)C4)C(=O)N12. The summed E-state index contributed by atoms with van der Waals surface area (Å²) in [6, 6.07) is 12.7. The van der Waals surface area contributed by atoms with Crippen molar-refractivity contribution in [3.63, 3.8) is 0 Å². The van der Waals surface area contributed by atoms with E-state index in [1.807, 2.05) is 12.1 Å². The van der Waals surface area contributed by atoms with Crippen molar-refractivity contribution >= 4 is 41.1 Å². The van der Waals surface area contributed by atoms with Crippen LogP contribution in [0.2, 0.25) is 0 Å². The largest absolute Gasteiger partial charge is 0.477 e. The number of carboxylic acid groups (broad SMARTS) is 1. The Hall–Kier alpha value is -2.35. The number of carboxylic acids is 1. The Bertz CT molecular complexity index is 1030. The number of carbonyl (C=O) groups is 2. The third-order valence-corrected chi connectivity index (χ3v) is 7.53. The van der Waals surface area contributed by atoms with Gasteiger partial charge >= 0.3 is 5.97 Å². The van der Waals surface area contributed by atoms with Crippen LogP contribution in [0.25, 0.3) is 6.08 Å². The average molecular weight is 411 g/mol. The van der Waals surface area contributed by atoms with E-state index in [4.69, 9.17) is 0 Å². The molecular weight excluding hydrogens is 392 g/mol. The second-order valence-corrected chi connectivity index (χ2v) is 9.24. The summed E-state index contributed by atoms with van der Waals surface area (Å²) in [5.41, 5.74) is 3.44. The van der Waals surface area contributed by atoms with Gasteiger partial charge in [-0.25, -0.2) is 4.79 Å². The maximum atomic E-state index is 12.4. The topological polar surface area (TPSA) is 60.9 Å². The first-order valence-electron chi connectivity index (χ1n) is 9.12. The molecule has 1 fully saturated rings. The zero-order valence-corrected chi connectivity index (χ0v) is 16.6. The second kappa shape index (κ2) is 6.92. The molecule has 1 atom stereocenters. The lowest BCUT2D eigenvalue weighted by Gasteiger charge is -2.37. The van der Waals surface area contributed by atoms with Crippen LogP contribution in [0, 0.1) is 0 Å². The summed E-state index contributed by atoms with van der Waals surface area (Å²) in [6.45, 7) is 2.91. The molecule has 142 valence electrons. The van der Waals surface area contributed by atoms with Crippen molar-refractivity contribution in [3.8, 4) is 0 Å². The summed E-state index contributed by atoms with van der Waals surface area (Å²) in [6.07, 6.45) is 2.97. The maximum Gasteiger partial charge on any atom is 0.353 e. The minimum atomic E-state index is -1.05. The van der Waals surface area contributed by atoms with E-state index in [1.165, 1.54) is 32.7 Å². The van der Waals surface area contributed by atoms with Gasteiger partial charge in [0.1, 0.15) is 11.1 Å². The van der Waals surface area contributed by atoms with E-state index in [1.54, 1.807) is 16.7 Å². The van der Waals surface area contributed by atoms with Gasteiger partial charge in [0.25, 0.3) is 5.91 Å². The Kier molecular flexibility index (Phi) is 4.38. The van der Waals surface area contributed by atoms with Crippen LogP contribution in [-0.2, 0) is 29.1 Å². The highest BCUT2D eigenvalue weighted by Crippen LogP contribution is 2.45. The number of hydrogen-bond acceptors (Lipinski definition) is 5. The van der Waals surface area contributed by atoms with Gasteiger partial charge < -0.3 is 5.11 Å². The van der Waals surface area contributed by atoms with Crippen LogP contribution in [0.3, 0.4) is 0 Å². The third-order valence-electron chi connectivity index (χ3n) is 5.27. The van der Waals surface area contributed by atoms with Gasteiger partial charge in [0.05, 0.1) is 5.57 Å². The van der Waals surface area contributed by atoms with Gasteiger partial charge in [-0.3, -0.25) is 14.6 Å². The molecule has 7 heteroatoms. The van der Waals surface area contributed by atoms with E-state index in [-0.39, 0.29) is 17.0 Å². The number of β-lactam (4-membered cyclic amide) rings is 1. The number of carbonyl (C=O) groups excluding carboxylic acids is 1. The number of hydrogen-bond donors (Lipinski definition) is 1. The van der Waals surface area contributed by atoms with Crippen LogP contribution in [-0.4, -0.2) is 38.7 Å². The molecule has 0 aliphatic carbocycles. The number of rotatable bonds is 4. The smallest absolute Gasteiger partial charge is 0.353 e. The molecule has 0 bridgehead atoms. The van der Waals surface area contributed by atoms with Gasteiger partial charge in [-0.1, -0.05) is 30.3 Å². The molecule has 1 saturated heterocycles. The number of thiophene rings is 1. The molecular formula is C21H18N2O3S2. The summed E-state index contributed by atoms with van der Waals surface area (Å²) >= 11 is 3.13. The van der Waals surface area contributed by atoms with E-state index < -0.39 is 5.97 Å². The molecule has 0 radical (unpaired) electrons. The van der Waals surface area contributed by atoms with Crippen molar-refractivity contribution in [2.45, 2.75) is 24.9 Å². The maximum absolute atomic E-state index is 12.4. The molecule has 3 aliphatic rings. The summed E-state index contributed by atoms with van der Waals surface area (Å²) in [4.78, 5) is 29.9. The highest BCUT2D eigenvalue weighted by Gasteiger charge is 2.49. The van der Waals surface area contributed by atoms with Gasteiger partial charge in [0, 0.05) is 34.8 Å². The molecule has 1 amide bonds. The van der Waals surface area contributed by atoms with Crippen LogP contribution < -0.4 is 0 Å². The van der Waals surface area contributed by atoms with E-state index >= 15 is 0 Å². The second-order valence-electron chi connectivity index (χ2n) is 7.11. The molecule has 1 N–H and O–H groups in total. The minimum absolute atomic E-state index is 0.0826. The Balaban J connectivity index is 1.30. The first-order valence-corrected chi connectivity index (χ1v) is 10.9. The molecule has 3 aliphatic heterocycles. The summed E-state index contributed by atoms with van der Waals surface area (Å²) in [7, 11) is 0. The van der Waals surface area contributed by atoms with Gasteiger partial charge in [-0.2, -0.15) is 0 Å². The van der Waals surface area contributed by atoms with Crippen LogP contribution in [0.5, 0.6) is 0 Å². The molecule has 0 unspecified atom stereocenters. The first kappa shape index (κ1) is 17.7. The molecule has 5 rings (SSSR count). The van der Waals surface area contributed by atoms with E-state index in [2.05, 4.69) is 35.2 Å². The zero-order valence-electron chi connectivity index (χ0n) is 15.0. The lowest BCUT2D eigenvalue weighted by Crippen LogP contribution is -2.51. The highest BCUT2D eigenvalue weighted by molar-refractivity contribution is 8.03. The molecule has 5 nitrogen and oxygen atoms in total. The predicted octanol–water partition coefficient (Wildman–Crippen LogP) is 3.53. The Morgan fingerprint density at radius 3 is 2.89 bits per heavy atom. The fraction of sp³-hybridized carbons (Fsp3) is 0.238. The molecule has 0 saturated carbocycles. The Morgan fingerprint density at radius 2 is 2.11 bits per heavy atom. The zero-order chi connectivity index (χ0) is 19.3. The minimum Gasteiger partial charge on any atom is -0.477 e.